The van der Waals surface area contributed by atoms with Crippen molar-refractivity contribution in [1.82, 2.24) is 15.1 Å². The van der Waals surface area contributed by atoms with Crippen LogP contribution in [0, 0.1) is 11.8 Å². The molecule has 0 spiro atoms. The number of carbonyl (C=O) groups excluding carboxylic acids is 1. The first-order valence-electron chi connectivity index (χ1n) is 8.97. The van der Waals surface area contributed by atoms with Crippen LogP contribution in [0.1, 0.15) is 33.1 Å². The molecule has 1 aromatic heterocycles. The summed E-state index contributed by atoms with van der Waals surface area (Å²) in [6.07, 6.45) is 3.36. The summed E-state index contributed by atoms with van der Waals surface area (Å²) in [5.41, 5.74) is 1.35. The van der Waals surface area contributed by atoms with Crippen molar-refractivity contribution in [2.24, 2.45) is 11.8 Å². The molecule has 3 rings (SSSR count). The maximum Gasteiger partial charge on any atom is 0.267 e. The highest BCUT2D eigenvalue weighted by molar-refractivity contribution is 5.76. The summed E-state index contributed by atoms with van der Waals surface area (Å²) < 4.78 is 1.24. The Morgan fingerprint density at radius 2 is 1.92 bits per heavy atom. The van der Waals surface area contributed by atoms with Crippen LogP contribution in [0.4, 0.5) is 0 Å². The molecule has 1 N–H and O–H groups in total. The monoisotopic (exact) mass is 339 g/mol. The van der Waals surface area contributed by atoms with E-state index in [9.17, 15) is 9.59 Å². The molecule has 1 aromatic carbocycles. The van der Waals surface area contributed by atoms with Crippen molar-refractivity contribution >= 4 is 5.91 Å². The smallest absolute Gasteiger partial charge is 0.267 e. The SMILES string of the molecule is C[C@@H]1[C@H](C)CCC[C@@H]1NC(=O)Cn1nc(-c2ccccc2)ccc1=O. The summed E-state index contributed by atoms with van der Waals surface area (Å²) in [5, 5.41) is 7.45. The van der Waals surface area contributed by atoms with Gasteiger partial charge in [0.2, 0.25) is 5.91 Å². The molecule has 0 aliphatic heterocycles. The van der Waals surface area contributed by atoms with Crippen LogP contribution in [0.2, 0.25) is 0 Å². The average Bonchev–Trinajstić information content (AvgIpc) is 2.61. The molecule has 25 heavy (non-hydrogen) atoms. The Kier molecular flexibility index (Phi) is 5.31. The summed E-state index contributed by atoms with van der Waals surface area (Å²) >= 11 is 0. The first-order valence-corrected chi connectivity index (χ1v) is 8.97. The molecule has 1 heterocycles. The molecule has 2 aromatic rings. The Balaban J connectivity index is 1.72. The van der Waals surface area contributed by atoms with Gasteiger partial charge in [-0.05, 0) is 24.3 Å². The molecule has 0 saturated heterocycles. The number of benzene rings is 1. The predicted octanol–water partition coefficient (Wildman–Crippen LogP) is 2.85. The second-order valence-corrected chi connectivity index (χ2v) is 7.02. The van der Waals surface area contributed by atoms with E-state index in [1.54, 1.807) is 6.07 Å². The van der Waals surface area contributed by atoms with E-state index in [-0.39, 0.29) is 24.1 Å². The molecular formula is C20H25N3O2. The van der Waals surface area contributed by atoms with Crippen LogP contribution in [0.5, 0.6) is 0 Å². The molecule has 0 radical (unpaired) electrons. The fourth-order valence-electron chi connectivity index (χ4n) is 3.50. The highest BCUT2D eigenvalue weighted by Gasteiger charge is 2.28. The van der Waals surface area contributed by atoms with E-state index in [0.717, 1.165) is 18.4 Å². The molecular weight excluding hydrogens is 314 g/mol. The molecule has 0 unspecified atom stereocenters. The average molecular weight is 339 g/mol. The second kappa shape index (κ2) is 7.64. The zero-order valence-electron chi connectivity index (χ0n) is 14.8. The van der Waals surface area contributed by atoms with Gasteiger partial charge >= 0.3 is 0 Å². The summed E-state index contributed by atoms with van der Waals surface area (Å²) in [5.74, 6) is 0.921. The van der Waals surface area contributed by atoms with Gasteiger partial charge in [0, 0.05) is 17.7 Å². The van der Waals surface area contributed by atoms with Gasteiger partial charge < -0.3 is 5.32 Å². The molecule has 5 nitrogen and oxygen atoms in total. The quantitative estimate of drug-likeness (QED) is 0.931. The third-order valence-electron chi connectivity index (χ3n) is 5.28. The van der Waals surface area contributed by atoms with Crippen LogP contribution in [-0.4, -0.2) is 21.7 Å². The van der Waals surface area contributed by atoms with Gasteiger partial charge in [-0.15, -0.1) is 0 Å². The van der Waals surface area contributed by atoms with E-state index < -0.39 is 0 Å². The highest BCUT2D eigenvalue weighted by atomic mass is 16.2. The van der Waals surface area contributed by atoms with Crippen LogP contribution in [0.25, 0.3) is 11.3 Å². The lowest BCUT2D eigenvalue weighted by atomic mass is 9.78. The number of nitrogens with one attached hydrogen (secondary N) is 1. The van der Waals surface area contributed by atoms with Crippen LogP contribution < -0.4 is 10.9 Å². The lowest BCUT2D eigenvalue weighted by Gasteiger charge is -2.34. The number of hydrogen-bond donors (Lipinski definition) is 1. The Bertz CT molecular complexity index is 785. The largest absolute Gasteiger partial charge is 0.351 e. The lowest BCUT2D eigenvalue weighted by molar-refractivity contribution is -0.123. The summed E-state index contributed by atoms with van der Waals surface area (Å²) in [6.45, 7) is 4.38. The Morgan fingerprint density at radius 3 is 2.68 bits per heavy atom. The molecule has 1 saturated carbocycles. The van der Waals surface area contributed by atoms with E-state index in [0.29, 0.717) is 17.5 Å². The van der Waals surface area contributed by atoms with Crippen molar-refractivity contribution in [3.05, 3.63) is 52.8 Å². The van der Waals surface area contributed by atoms with E-state index in [2.05, 4.69) is 24.3 Å². The third kappa shape index (κ3) is 4.16. The van der Waals surface area contributed by atoms with Gasteiger partial charge in [0.05, 0.1) is 5.69 Å². The van der Waals surface area contributed by atoms with Gasteiger partial charge in [-0.25, -0.2) is 4.68 Å². The number of hydrogen-bond acceptors (Lipinski definition) is 3. The third-order valence-corrected chi connectivity index (χ3v) is 5.28. The minimum Gasteiger partial charge on any atom is -0.351 e. The van der Waals surface area contributed by atoms with Gasteiger partial charge in [-0.3, -0.25) is 9.59 Å². The Labute approximate surface area is 148 Å². The van der Waals surface area contributed by atoms with Gasteiger partial charge in [0.1, 0.15) is 6.54 Å². The standard InChI is InChI=1S/C20H25N3O2/c1-14-7-6-10-17(15(14)2)21-19(24)13-23-20(25)12-11-18(22-23)16-8-4-3-5-9-16/h3-5,8-9,11-12,14-15,17H,6-7,10,13H2,1-2H3,(H,21,24)/t14-,15-,17+/m1/s1. The molecule has 1 fully saturated rings. The fraction of sp³-hybridized carbons (Fsp3) is 0.450. The second-order valence-electron chi connectivity index (χ2n) is 7.02. The first kappa shape index (κ1) is 17.4. The van der Waals surface area contributed by atoms with Gasteiger partial charge in [-0.1, -0.05) is 57.0 Å². The van der Waals surface area contributed by atoms with Crippen LogP contribution in [0.15, 0.2) is 47.3 Å². The normalized spacial score (nSPS) is 23.2. The number of amides is 1. The van der Waals surface area contributed by atoms with Crippen molar-refractivity contribution in [2.45, 2.75) is 45.7 Å². The van der Waals surface area contributed by atoms with Crippen LogP contribution in [-0.2, 0) is 11.3 Å². The van der Waals surface area contributed by atoms with Crippen molar-refractivity contribution in [3.63, 3.8) is 0 Å². The maximum absolute atomic E-state index is 12.4. The minimum atomic E-state index is -0.264. The Hall–Kier alpha value is -2.43. The predicted molar refractivity (Wildman–Crippen MR) is 98.0 cm³/mol. The minimum absolute atomic E-state index is 0.0445. The number of nitrogens with zero attached hydrogens (tertiary/aromatic N) is 2. The number of rotatable bonds is 4. The van der Waals surface area contributed by atoms with Crippen LogP contribution in [0.3, 0.4) is 0 Å². The fourth-order valence-corrected chi connectivity index (χ4v) is 3.50. The summed E-state index contributed by atoms with van der Waals surface area (Å²) in [6, 6.07) is 13.0. The van der Waals surface area contributed by atoms with Gasteiger partial charge in [-0.2, -0.15) is 5.10 Å². The van der Waals surface area contributed by atoms with E-state index in [4.69, 9.17) is 0 Å². The molecule has 5 heteroatoms. The van der Waals surface area contributed by atoms with Crippen molar-refractivity contribution in [2.75, 3.05) is 0 Å². The van der Waals surface area contributed by atoms with E-state index >= 15 is 0 Å². The molecule has 1 amide bonds. The molecule has 1 aliphatic rings. The van der Waals surface area contributed by atoms with Crippen molar-refractivity contribution < 1.29 is 4.79 Å². The first-order chi connectivity index (χ1) is 12.0. The van der Waals surface area contributed by atoms with E-state index in [1.165, 1.54) is 17.2 Å². The van der Waals surface area contributed by atoms with Gasteiger partial charge in [0.25, 0.3) is 5.56 Å². The molecule has 1 aliphatic carbocycles. The zero-order valence-corrected chi connectivity index (χ0v) is 14.8. The van der Waals surface area contributed by atoms with Crippen molar-refractivity contribution in [3.8, 4) is 11.3 Å². The highest BCUT2D eigenvalue weighted by Crippen LogP contribution is 2.29. The van der Waals surface area contributed by atoms with Crippen LogP contribution >= 0.6 is 0 Å². The zero-order chi connectivity index (χ0) is 17.8. The number of carbonyl (C=O) groups is 1. The van der Waals surface area contributed by atoms with Crippen molar-refractivity contribution in [1.29, 1.82) is 0 Å². The maximum atomic E-state index is 12.4. The van der Waals surface area contributed by atoms with E-state index in [1.807, 2.05) is 30.3 Å². The summed E-state index contributed by atoms with van der Waals surface area (Å²) in [4.78, 5) is 24.5. The Morgan fingerprint density at radius 1 is 1.16 bits per heavy atom. The van der Waals surface area contributed by atoms with Gasteiger partial charge in [0.15, 0.2) is 0 Å². The number of aromatic nitrogens is 2. The topological polar surface area (TPSA) is 64.0 Å². The summed E-state index contributed by atoms with van der Waals surface area (Å²) in [7, 11) is 0. The molecule has 132 valence electrons. The molecule has 3 atom stereocenters. The molecule has 0 bridgehead atoms. The lowest BCUT2D eigenvalue weighted by Crippen LogP contribution is -2.45.